The van der Waals surface area contributed by atoms with Gasteiger partial charge in [0.25, 0.3) is 11.1 Å². The lowest BCUT2D eigenvalue weighted by Crippen LogP contribution is -2.33. The molecular weight excluding hydrogens is 400 g/mol. The number of nitrogens with one attached hydrogen (secondary N) is 1. The van der Waals surface area contributed by atoms with Gasteiger partial charge in [0.1, 0.15) is 0 Å². The number of carbonyl (C=O) groups excluding carboxylic acids is 3. The Bertz CT molecular complexity index is 966. The number of nitrogens with zero attached hydrogens (tertiary/aromatic N) is 1. The van der Waals surface area contributed by atoms with Crippen molar-refractivity contribution >= 4 is 40.6 Å². The fourth-order valence-electron chi connectivity index (χ4n) is 2.87. The van der Waals surface area contributed by atoms with E-state index >= 15 is 0 Å². The molecule has 1 fully saturated rings. The van der Waals surface area contributed by atoms with Crippen LogP contribution in [-0.4, -0.2) is 35.3 Å². The first-order chi connectivity index (χ1) is 14.4. The van der Waals surface area contributed by atoms with E-state index in [0.29, 0.717) is 28.7 Å². The molecule has 0 aromatic heterocycles. The SMILES string of the molecule is CCOC(=O)c1ccc(NCN2C(=O)SC(=Cc3ccc(C(C)C)cc3)C2=O)cc1. The molecule has 1 N–H and O–H groups in total. The normalized spacial score (nSPS) is 15.2. The number of esters is 1. The number of carbonyl (C=O) groups is 3. The van der Waals surface area contributed by atoms with E-state index in [1.54, 1.807) is 37.3 Å². The Morgan fingerprint density at radius 2 is 1.77 bits per heavy atom. The van der Waals surface area contributed by atoms with Crippen LogP contribution in [-0.2, 0) is 9.53 Å². The van der Waals surface area contributed by atoms with E-state index in [-0.39, 0.29) is 23.8 Å². The van der Waals surface area contributed by atoms with Gasteiger partial charge in [0.15, 0.2) is 0 Å². The maximum absolute atomic E-state index is 12.6. The second-order valence-corrected chi connectivity index (χ2v) is 8.06. The number of amides is 2. The molecule has 0 aliphatic carbocycles. The highest BCUT2D eigenvalue weighted by Crippen LogP contribution is 2.32. The molecule has 7 heteroatoms. The smallest absolute Gasteiger partial charge is 0.338 e. The molecule has 0 radical (unpaired) electrons. The monoisotopic (exact) mass is 424 g/mol. The van der Waals surface area contributed by atoms with Crippen LogP contribution < -0.4 is 5.32 Å². The lowest BCUT2D eigenvalue weighted by atomic mass is 10.0. The van der Waals surface area contributed by atoms with E-state index in [9.17, 15) is 14.4 Å². The molecule has 6 nitrogen and oxygen atoms in total. The van der Waals surface area contributed by atoms with Crippen molar-refractivity contribution in [2.75, 3.05) is 18.6 Å². The summed E-state index contributed by atoms with van der Waals surface area (Å²) in [4.78, 5) is 38.2. The Balaban J connectivity index is 1.63. The zero-order chi connectivity index (χ0) is 21.7. The van der Waals surface area contributed by atoms with Gasteiger partial charge in [-0.15, -0.1) is 0 Å². The highest BCUT2D eigenvalue weighted by Gasteiger charge is 2.34. The second-order valence-electron chi connectivity index (χ2n) is 7.06. The van der Waals surface area contributed by atoms with Gasteiger partial charge in [-0.05, 0) is 66.1 Å². The van der Waals surface area contributed by atoms with Gasteiger partial charge < -0.3 is 10.1 Å². The number of benzene rings is 2. The molecule has 2 amide bonds. The maximum atomic E-state index is 12.6. The number of ether oxygens (including phenoxy) is 1. The minimum atomic E-state index is -0.387. The van der Waals surface area contributed by atoms with Gasteiger partial charge in [0.05, 0.1) is 23.7 Å². The van der Waals surface area contributed by atoms with Crippen LogP contribution in [0.4, 0.5) is 10.5 Å². The lowest BCUT2D eigenvalue weighted by molar-refractivity contribution is -0.122. The minimum Gasteiger partial charge on any atom is -0.462 e. The molecule has 0 saturated carbocycles. The molecule has 1 aliphatic rings. The molecule has 3 rings (SSSR count). The number of hydrogen-bond acceptors (Lipinski definition) is 6. The van der Waals surface area contributed by atoms with Crippen LogP contribution in [0.25, 0.3) is 6.08 Å². The molecular formula is C23H24N2O4S. The van der Waals surface area contributed by atoms with Crippen LogP contribution in [0.15, 0.2) is 53.4 Å². The standard InChI is InChI=1S/C23H24N2O4S/c1-4-29-22(27)18-9-11-19(12-10-18)24-14-25-21(26)20(30-23(25)28)13-16-5-7-17(8-6-16)15(2)3/h5-13,15,24H,4,14H2,1-3H3. The van der Waals surface area contributed by atoms with Crippen molar-refractivity contribution in [3.63, 3.8) is 0 Å². The molecule has 2 aromatic rings. The third-order valence-electron chi connectivity index (χ3n) is 4.61. The molecule has 1 aliphatic heterocycles. The zero-order valence-electron chi connectivity index (χ0n) is 17.2. The van der Waals surface area contributed by atoms with Gasteiger partial charge in [-0.25, -0.2) is 4.79 Å². The van der Waals surface area contributed by atoms with Crippen molar-refractivity contribution in [2.45, 2.75) is 26.7 Å². The lowest BCUT2D eigenvalue weighted by Gasteiger charge is -2.14. The summed E-state index contributed by atoms with van der Waals surface area (Å²) in [6, 6.07) is 14.6. The fourth-order valence-corrected chi connectivity index (χ4v) is 3.71. The quantitative estimate of drug-likeness (QED) is 0.493. The summed E-state index contributed by atoms with van der Waals surface area (Å²) < 4.78 is 4.95. The Kier molecular flexibility index (Phi) is 6.95. The molecule has 0 atom stereocenters. The first-order valence-corrected chi connectivity index (χ1v) is 10.6. The molecule has 1 heterocycles. The molecule has 30 heavy (non-hydrogen) atoms. The van der Waals surface area contributed by atoms with Crippen LogP contribution in [0.5, 0.6) is 0 Å². The van der Waals surface area contributed by atoms with Gasteiger partial charge in [-0.1, -0.05) is 38.1 Å². The summed E-state index contributed by atoms with van der Waals surface area (Å²) in [5.74, 6) is -0.279. The Labute approximate surface area is 180 Å². The summed E-state index contributed by atoms with van der Waals surface area (Å²) in [5.41, 5.74) is 3.24. The van der Waals surface area contributed by atoms with Crippen molar-refractivity contribution in [1.29, 1.82) is 0 Å². The summed E-state index contributed by atoms with van der Waals surface area (Å²) in [6.45, 7) is 6.36. The summed E-state index contributed by atoms with van der Waals surface area (Å²) >= 11 is 0.931. The average Bonchev–Trinajstić information content (AvgIpc) is 3.00. The van der Waals surface area contributed by atoms with Crippen LogP contribution in [0.2, 0.25) is 0 Å². The molecule has 156 valence electrons. The third-order valence-corrected chi connectivity index (χ3v) is 5.52. The summed E-state index contributed by atoms with van der Waals surface area (Å²) in [7, 11) is 0. The highest BCUT2D eigenvalue weighted by atomic mass is 32.2. The topological polar surface area (TPSA) is 75.7 Å². The Hall–Kier alpha value is -3.06. The maximum Gasteiger partial charge on any atom is 0.338 e. The van der Waals surface area contributed by atoms with Gasteiger partial charge in [0.2, 0.25) is 0 Å². The number of rotatable bonds is 7. The van der Waals surface area contributed by atoms with E-state index in [1.165, 1.54) is 5.56 Å². The fraction of sp³-hybridized carbons (Fsp3) is 0.261. The molecule has 2 aromatic carbocycles. The van der Waals surface area contributed by atoms with E-state index in [1.807, 2.05) is 24.3 Å². The van der Waals surface area contributed by atoms with Crippen molar-refractivity contribution in [3.05, 3.63) is 70.1 Å². The minimum absolute atomic E-state index is 0.0487. The van der Waals surface area contributed by atoms with E-state index < -0.39 is 0 Å². The van der Waals surface area contributed by atoms with Gasteiger partial charge >= 0.3 is 5.97 Å². The third kappa shape index (κ3) is 5.10. The number of hydrogen-bond donors (Lipinski definition) is 1. The predicted octanol–water partition coefficient (Wildman–Crippen LogP) is 5.09. The number of imide groups is 1. The van der Waals surface area contributed by atoms with E-state index in [0.717, 1.165) is 22.2 Å². The average molecular weight is 425 g/mol. The second kappa shape index (κ2) is 9.63. The largest absolute Gasteiger partial charge is 0.462 e. The van der Waals surface area contributed by atoms with Crippen molar-refractivity contribution < 1.29 is 19.1 Å². The summed E-state index contributed by atoms with van der Waals surface area (Å²) in [6.07, 6.45) is 1.74. The van der Waals surface area contributed by atoms with Crippen molar-refractivity contribution in [3.8, 4) is 0 Å². The molecule has 0 bridgehead atoms. The molecule has 1 saturated heterocycles. The Morgan fingerprint density at radius 1 is 1.10 bits per heavy atom. The van der Waals surface area contributed by atoms with E-state index in [2.05, 4.69) is 19.2 Å². The Morgan fingerprint density at radius 3 is 2.37 bits per heavy atom. The first kappa shape index (κ1) is 21.6. The van der Waals surface area contributed by atoms with Crippen LogP contribution in [0.3, 0.4) is 0 Å². The predicted molar refractivity (Wildman–Crippen MR) is 119 cm³/mol. The zero-order valence-corrected chi connectivity index (χ0v) is 18.0. The van der Waals surface area contributed by atoms with Gasteiger partial charge in [-0.3, -0.25) is 14.5 Å². The number of thioether (sulfide) groups is 1. The van der Waals surface area contributed by atoms with Gasteiger partial charge in [-0.2, -0.15) is 0 Å². The van der Waals surface area contributed by atoms with Crippen molar-refractivity contribution in [1.82, 2.24) is 4.90 Å². The van der Waals surface area contributed by atoms with Crippen molar-refractivity contribution in [2.24, 2.45) is 0 Å². The van der Waals surface area contributed by atoms with Crippen LogP contribution >= 0.6 is 11.8 Å². The number of anilines is 1. The highest BCUT2D eigenvalue weighted by molar-refractivity contribution is 8.18. The first-order valence-electron chi connectivity index (χ1n) is 9.75. The molecule has 0 spiro atoms. The van der Waals surface area contributed by atoms with Crippen LogP contribution in [0.1, 0.15) is 48.2 Å². The molecule has 0 unspecified atom stereocenters. The van der Waals surface area contributed by atoms with Crippen LogP contribution in [0, 0.1) is 0 Å². The summed E-state index contributed by atoms with van der Waals surface area (Å²) in [5, 5.41) is 2.72. The van der Waals surface area contributed by atoms with E-state index in [4.69, 9.17) is 4.74 Å². The van der Waals surface area contributed by atoms with Gasteiger partial charge in [0, 0.05) is 5.69 Å².